The van der Waals surface area contributed by atoms with Crippen LogP contribution < -0.4 is 11.1 Å². The van der Waals surface area contributed by atoms with Crippen LogP contribution in [0, 0.1) is 5.41 Å². The van der Waals surface area contributed by atoms with E-state index in [0.29, 0.717) is 12.4 Å². The first-order chi connectivity index (χ1) is 19.7. The van der Waals surface area contributed by atoms with Crippen LogP contribution in [-0.4, -0.2) is 106 Å². The SMILES string of the molecule is CON=C(C(=O)NC1C(=O)N2CC(SCC3COC(C)(C)O3)(C(=O)OCOC(=O)C(C)(C)C)CS[C@H]12)c1csc(N)n1. The van der Waals surface area contributed by atoms with E-state index in [0.717, 1.165) is 11.3 Å². The molecule has 17 heteroatoms. The molecule has 4 heterocycles. The van der Waals surface area contributed by atoms with Crippen molar-refractivity contribution in [2.24, 2.45) is 10.6 Å². The van der Waals surface area contributed by atoms with Gasteiger partial charge in [0.2, 0.25) is 12.7 Å². The number of anilines is 1. The number of amides is 2. The third-order valence-corrected chi connectivity index (χ3v) is 10.4. The van der Waals surface area contributed by atoms with Gasteiger partial charge in [0.1, 0.15) is 29.0 Å². The summed E-state index contributed by atoms with van der Waals surface area (Å²) in [6.07, 6.45) is -0.270. The largest absolute Gasteiger partial charge is 0.427 e. The number of nitrogens with one attached hydrogen (secondary N) is 1. The zero-order valence-corrected chi connectivity index (χ0v) is 26.6. The van der Waals surface area contributed by atoms with Crippen molar-refractivity contribution in [2.45, 2.75) is 62.7 Å². The van der Waals surface area contributed by atoms with E-state index < -0.39 is 52.0 Å². The Balaban J connectivity index is 1.43. The smallest absolute Gasteiger partial charge is 0.327 e. The number of hydrogen-bond acceptors (Lipinski definition) is 15. The Labute approximate surface area is 255 Å². The summed E-state index contributed by atoms with van der Waals surface area (Å²) in [5.41, 5.74) is 5.04. The first kappa shape index (κ1) is 32.3. The number of β-lactam (4-membered cyclic amide) rings is 1. The molecule has 4 atom stereocenters. The van der Waals surface area contributed by atoms with Crippen LogP contribution in [0.1, 0.15) is 40.3 Å². The summed E-state index contributed by atoms with van der Waals surface area (Å²) in [5, 5.41) is 7.86. The van der Waals surface area contributed by atoms with Gasteiger partial charge in [-0.15, -0.1) is 34.9 Å². The molecule has 3 N–H and O–H groups in total. The summed E-state index contributed by atoms with van der Waals surface area (Å²) in [4.78, 5) is 62.3. The normalized spacial score (nSPS) is 27.1. The lowest BCUT2D eigenvalue weighted by atomic mass is 9.98. The predicted molar refractivity (Wildman–Crippen MR) is 157 cm³/mol. The third-order valence-electron chi connectivity index (χ3n) is 6.48. The average molecular weight is 646 g/mol. The van der Waals surface area contributed by atoms with E-state index >= 15 is 0 Å². The lowest BCUT2D eigenvalue weighted by Crippen LogP contribution is -2.75. The van der Waals surface area contributed by atoms with Crippen molar-refractivity contribution in [1.29, 1.82) is 0 Å². The van der Waals surface area contributed by atoms with Gasteiger partial charge in [0.25, 0.3) is 5.91 Å². The Kier molecular flexibility index (Phi) is 9.66. The summed E-state index contributed by atoms with van der Waals surface area (Å²) in [6, 6.07) is -0.848. The van der Waals surface area contributed by atoms with Gasteiger partial charge in [0.05, 0.1) is 18.1 Å². The minimum atomic E-state index is -1.17. The van der Waals surface area contributed by atoms with Crippen LogP contribution in [0.15, 0.2) is 10.5 Å². The maximum atomic E-state index is 13.5. The van der Waals surface area contributed by atoms with Gasteiger partial charge in [-0.3, -0.25) is 19.2 Å². The van der Waals surface area contributed by atoms with Gasteiger partial charge in [-0.2, -0.15) is 0 Å². The van der Waals surface area contributed by atoms with Crippen LogP contribution in [0.25, 0.3) is 0 Å². The van der Waals surface area contributed by atoms with E-state index in [-0.39, 0.29) is 40.8 Å². The number of nitrogen functional groups attached to an aromatic ring is 1. The summed E-state index contributed by atoms with van der Waals surface area (Å²) < 4.78 is 20.9. The lowest BCUT2D eigenvalue weighted by molar-refractivity contribution is -0.175. The van der Waals surface area contributed by atoms with Gasteiger partial charge < -0.3 is 39.7 Å². The van der Waals surface area contributed by atoms with Gasteiger partial charge in [0.15, 0.2) is 16.6 Å². The Bertz CT molecular complexity index is 1250. The molecule has 3 aliphatic rings. The van der Waals surface area contributed by atoms with Crippen LogP contribution in [-0.2, 0) is 43.0 Å². The highest BCUT2D eigenvalue weighted by Gasteiger charge is 2.58. The highest BCUT2D eigenvalue weighted by molar-refractivity contribution is 8.05. The number of aromatic nitrogens is 1. The van der Waals surface area contributed by atoms with Crippen LogP contribution in [0.4, 0.5) is 5.13 Å². The quantitative estimate of drug-likeness (QED) is 0.122. The number of ether oxygens (including phenoxy) is 4. The lowest BCUT2D eigenvalue weighted by Gasteiger charge is -2.53. The topological polar surface area (TPSA) is 181 Å². The third kappa shape index (κ3) is 7.12. The average Bonchev–Trinajstić information content (AvgIpc) is 3.51. The van der Waals surface area contributed by atoms with Gasteiger partial charge in [-0.05, 0) is 34.6 Å². The molecule has 3 saturated heterocycles. The fourth-order valence-electron chi connectivity index (χ4n) is 4.31. The Morgan fingerprint density at radius 3 is 2.64 bits per heavy atom. The van der Waals surface area contributed by atoms with Crippen molar-refractivity contribution < 1.29 is 43.0 Å². The highest BCUT2D eigenvalue weighted by Crippen LogP contribution is 2.45. The van der Waals surface area contributed by atoms with E-state index in [1.807, 2.05) is 13.8 Å². The Morgan fingerprint density at radius 2 is 2.05 bits per heavy atom. The molecule has 3 aliphatic heterocycles. The first-order valence-electron chi connectivity index (χ1n) is 13.0. The van der Waals surface area contributed by atoms with Crippen LogP contribution >= 0.6 is 34.9 Å². The molecule has 232 valence electrons. The number of hydrogen-bond donors (Lipinski definition) is 2. The van der Waals surface area contributed by atoms with Gasteiger partial charge in [0, 0.05) is 23.4 Å². The summed E-state index contributed by atoms with van der Waals surface area (Å²) in [6.45, 7) is 8.55. The zero-order chi connectivity index (χ0) is 30.9. The van der Waals surface area contributed by atoms with E-state index in [9.17, 15) is 19.2 Å². The van der Waals surface area contributed by atoms with Gasteiger partial charge >= 0.3 is 11.9 Å². The molecular weight excluding hydrogens is 611 g/mol. The second kappa shape index (κ2) is 12.6. The number of oxime groups is 1. The Hall–Kier alpha value is -2.60. The van der Waals surface area contributed by atoms with Gasteiger partial charge in [-0.1, -0.05) is 5.16 Å². The monoisotopic (exact) mass is 645 g/mol. The second-order valence-electron chi connectivity index (χ2n) is 11.3. The molecule has 0 aromatic carbocycles. The van der Waals surface area contributed by atoms with E-state index in [1.165, 1.54) is 35.5 Å². The molecule has 1 aromatic rings. The minimum absolute atomic E-state index is 0.0329. The number of nitrogens with zero attached hydrogens (tertiary/aromatic N) is 3. The zero-order valence-electron chi connectivity index (χ0n) is 24.2. The number of thiazole rings is 1. The highest BCUT2D eigenvalue weighted by atomic mass is 32.2. The molecule has 4 rings (SSSR count). The van der Waals surface area contributed by atoms with E-state index in [4.69, 9.17) is 29.5 Å². The van der Waals surface area contributed by atoms with E-state index in [1.54, 1.807) is 26.2 Å². The molecule has 0 saturated carbocycles. The van der Waals surface area contributed by atoms with Gasteiger partial charge in [-0.25, -0.2) is 4.98 Å². The number of fused-ring (bicyclic) bond motifs is 1. The van der Waals surface area contributed by atoms with Crippen molar-refractivity contribution in [3.63, 3.8) is 0 Å². The molecule has 0 spiro atoms. The number of thioether (sulfide) groups is 2. The predicted octanol–water partition coefficient (Wildman–Crippen LogP) is 1.19. The number of carbonyl (C=O) groups is 4. The van der Waals surface area contributed by atoms with Crippen molar-refractivity contribution >= 4 is 69.5 Å². The number of rotatable bonds is 10. The first-order valence-corrected chi connectivity index (χ1v) is 15.9. The molecule has 3 fully saturated rings. The molecule has 3 unspecified atom stereocenters. The van der Waals surface area contributed by atoms with Crippen LogP contribution in [0.3, 0.4) is 0 Å². The Morgan fingerprint density at radius 1 is 1.31 bits per heavy atom. The summed E-state index contributed by atoms with van der Waals surface area (Å²) >= 11 is 3.78. The fourth-order valence-corrected chi connectivity index (χ4v) is 7.85. The molecule has 0 radical (unpaired) electrons. The minimum Gasteiger partial charge on any atom is -0.427 e. The molecule has 0 bridgehead atoms. The number of esters is 2. The molecule has 1 aromatic heterocycles. The number of nitrogens with two attached hydrogens (primary N) is 1. The van der Waals surface area contributed by atoms with Crippen molar-refractivity contribution in [2.75, 3.05) is 44.3 Å². The summed E-state index contributed by atoms with van der Waals surface area (Å²) in [5.74, 6) is -2.21. The molecule has 2 amide bonds. The van der Waals surface area contributed by atoms with Crippen LogP contribution in [0.2, 0.25) is 0 Å². The van der Waals surface area contributed by atoms with E-state index in [2.05, 4.69) is 15.5 Å². The standard InChI is InChI=1S/C25H35N5O9S3/c1-23(2,3)20(33)36-12-37-21(34)25(42-8-13-7-38-24(4,5)39-13)10-30-18(32)16(19(30)41-11-25)28-17(31)15(29-35-6)14-9-40-22(26)27-14/h9,13,16,19H,7-8,10-12H2,1-6H3,(H2,26,27)(H,28,31)/t13?,16?,19-,25?/m1/s1. The maximum absolute atomic E-state index is 13.5. The second-order valence-corrected chi connectivity index (χ2v) is 14.7. The maximum Gasteiger partial charge on any atom is 0.327 e. The molecule has 42 heavy (non-hydrogen) atoms. The molecule has 0 aliphatic carbocycles. The fraction of sp³-hybridized carbons (Fsp3) is 0.680. The van der Waals surface area contributed by atoms with Crippen molar-refractivity contribution in [1.82, 2.24) is 15.2 Å². The van der Waals surface area contributed by atoms with Crippen molar-refractivity contribution in [3.8, 4) is 0 Å². The van der Waals surface area contributed by atoms with Crippen molar-refractivity contribution in [3.05, 3.63) is 11.1 Å². The summed E-state index contributed by atoms with van der Waals surface area (Å²) in [7, 11) is 1.29. The van der Waals surface area contributed by atoms with Crippen LogP contribution in [0.5, 0.6) is 0 Å². The molecular formula is C25H35N5O9S3. The number of carbonyl (C=O) groups excluding carboxylic acids is 4. The molecule has 14 nitrogen and oxygen atoms in total.